The van der Waals surface area contributed by atoms with E-state index >= 15 is 0 Å². The van der Waals surface area contributed by atoms with Crippen molar-refractivity contribution < 1.29 is 14.7 Å². The molecule has 0 amide bonds. The van der Waals surface area contributed by atoms with Gasteiger partial charge in [0.1, 0.15) is 6.29 Å². The summed E-state index contributed by atoms with van der Waals surface area (Å²) in [6.45, 7) is 1.92. The van der Waals surface area contributed by atoms with E-state index in [-0.39, 0.29) is 5.92 Å². The molecule has 3 nitrogen and oxygen atoms in total. The molecule has 0 radical (unpaired) electrons. The number of unbranched alkanes of at least 4 members (excludes halogenated alkanes) is 5. The number of allylic oxidation sites excluding steroid dienone is 2. The summed E-state index contributed by atoms with van der Waals surface area (Å²) in [6, 6.07) is 0. The Morgan fingerprint density at radius 2 is 1.76 bits per heavy atom. The fourth-order valence-electron chi connectivity index (χ4n) is 1.55. The molecule has 0 fully saturated rings. The third kappa shape index (κ3) is 12.8. The number of hydrogen-bond acceptors (Lipinski definition) is 2. The highest BCUT2D eigenvalue weighted by Crippen LogP contribution is 2.08. The van der Waals surface area contributed by atoms with Gasteiger partial charge in [-0.15, -0.1) is 0 Å². The van der Waals surface area contributed by atoms with Crippen molar-refractivity contribution >= 4 is 12.3 Å². The molecule has 0 aromatic carbocycles. The van der Waals surface area contributed by atoms with Crippen LogP contribution in [0.5, 0.6) is 0 Å². The molecule has 0 aromatic heterocycles. The number of carbonyl (C=O) groups excluding carboxylic acids is 1. The van der Waals surface area contributed by atoms with Crippen molar-refractivity contribution in [1.82, 2.24) is 0 Å². The molecule has 0 bridgehead atoms. The summed E-state index contributed by atoms with van der Waals surface area (Å²) in [5.41, 5.74) is 0. The first-order valence-electron chi connectivity index (χ1n) is 6.49. The minimum absolute atomic E-state index is 0.127. The van der Waals surface area contributed by atoms with Crippen LogP contribution in [0, 0.1) is 5.92 Å². The molecule has 0 saturated heterocycles. The normalized spacial score (nSPS) is 12.8. The summed E-state index contributed by atoms with van der Waals surface area (Å²) in [5.74, 6) is -0.570. The van der Waals surface area contributed by atoms with Crippen molar-refractivity contribution in [1.29, 1.82) is 0 Å². The number of rotatable bonds is 11. The first-order valence-corrected chi connectivity index (χ1v) is 6.49. The maximum Gasteiger partial charge on any atom is 0.303 e. The number of carboxylic acids is 1. The third-order valence-electron chi connectivity index (χ3n) is 2.67. The molecule has 0 heterocycles. The van der Waals surface area contributed by atoms with Gasteiger partial charge in [0.05, 0.1) is 0 Å². The lowest BCUT2D eigenvalue weighted by Crippen LogP contribution is -1.93. The van der Waals surface area contributed by atoms with Crippen LogP contribution in [0.25, 0.3) is 0 Å². The number of aldehydes is 1. The summed E-state index contributed by atoms with van der Waals surface area (Å²) >= 11 is 0. The fraction of sp³-hybridized carbons (Fsp3) is 0.714. The number of carboxylic acid groups (broad SMARTS) is 1. The van der Waals surface area contributed by atoms with Crippen molar-refractivity contribution in [2.24, 2.45) is 5.92 Å². The second-order valence-corrected chi connectivity index (χ2v) is 4.52. The standard InChI is InChI=1S/C14H24O3/c1-13(12-15)10-8-6-4-2-3-5-7-9-11-14(16)17/h6,8,12-13H,2-5,7,9-11H2,1H3,(H,16,17). The zero-order valence-electron chi connectivity index (χ0n) is 10.7. The first kappa shape index (κ1) is 15.9. The van der Waals surface area contributed by atoms with Crippen molar-refractivity contribution in [3.05, 3.63) is 12.2 Å². The topological polar surface area (TPSA) is 54.4 Å². The van der Waals surface area contributed by atoms with E-state index in [0.717, 1.165) is 51.2 Å². The lowest BCUT2D eigenvalue weighted by Gasteiger charge is -1.99. The van der Waals surface area contributed by atoms with Gasteiger partial charge in [0, 0.05) is 12.3 Å². The molecule has 1 unspecified atom stereocenters. The van der Waals surface area contributed by atoms with Crippen LogP contribution in [-0.2, 0) is 9.59 Å². The van der Waals surface area contributed by atoms with Gasteiger partial charge in [-0.2, -0.15) is 0 Å². The van der Waals surface area contributed by atoms with Gasteiger partial charge in [0.15, 0.2) is 0 Å². The molecule has 0 rings (SSSR count). The largest absolute Gasteiger partial charge is 0.481 e. The van der Waals surface area contributed by atoms with Gasteiger partial charge in [-0.3, -0.25) is 4.79 Å². The minimum Gasteiger partial charge on any atom is -0.481 e. The Labute approximate surface area is 104 Å². The van der Waals surface area contributed by atoms with E-state index in [1.165, 1.54) is 0 Å². The van der Waals surface area contributed by atoms with E-state index in [1.54, 1.807) is 0 Å². The van der Waals surface area contributed by atoms with Gasteiger partial charge >= 0.3 is 5.97 Å². The molecule has 1 N–H and O–H groups in total. The van der Waals surface area contributed by atoms with Gasteiger partial charge in [0.25, 0.3) is 0 Å². The highest BCUT2D eigenvalue weighted by atomic mass is 16.4. The molecule has 0 aliphatic carbocycles. The van der Waals surface area contributed by atoms with E-state index in [0.29, 0.717) is 6.42 Å². The molecule has 17 heavy (non-hydrogen) atoms. The monoisotopic (exact) mass is 240 g/mol. The van der Waals surface area contributed by atoms with Gasteiger partial charge in [0.2, 0.25) is 0 Å². The van der Waals surface area contributed by atoms with Crippen LogP contribution in [0.3, 0.4) is 0 Å². The van der Waals surface area contributed by atoms with E-state index in [2.05, 4.69) is 12.2 Å². The highest BCUT2D eigenvalue weighted by molar-refractivity contribution is 5.66. The van der Waals surface area contributed by atoms with Crippen LogP contribution < -0.4 is 0 Å². The molecule has 0 aromatic rings. The van der Waals surface area contributed by atoms with Crippen molar-refractivity contribution in [3.63, 3.8) is 0 Å². The zero-order chi connectivity index (χ0) is 12.9. The SMILES string of the molecule is CC(C=O)CC=CCCCCCCCC(=O)O. The second kappa shape index (κ2) is 11.4. The van der Waals surface area contributed by atoms with Gasteiger partial charge in [-0.1, -0.05) is 38.3 Å². The zero-order valence-corrected chi connectivity index (χ0v) is 10.7. The van der Waals surface area contributed by atoms with Gasteiger partial charge in [-0.25, -0.2) is 0 Å². The third-order valence-corrected chi connectivity index (χ3v) is 2.67. The fourth-order valence-corrected chi connectivity index (χ4v) is 1.55. The summed E-state index contributed by atoms with van der Waals surface area (Å²) in [5, 5.41) is 8.44. The predicted molar refractivity (Wildman–Crippen MR) is 68.9 cm³/mol. The van der Waals surface area contributed by atoms with Crippen LogP contribution >= 0.6 is 0 Å². The molecule has 0 spiro atoms. The Bertz CT molecular complexity index is 234. The summed E-state index contributed by atoms with van der Waals surface area (Å²) in [6.07, 6.45) is 12.6. The first-order chi connectivity index (χ1) is 8.16. The molecule has 0 aliphatic rings. The Kier molecular flexibility index (Phi) is 10.6. The predicted octanol–water partition coefficient (Wildman–Crippen LogP) is 3.58. The molecular weight excluding hydrogens is 216 g/mol. The van der Waals surface area contributed by atoms with Crippen LogP contribution in [0.15, 0.2) is 12.2 Å². The van der Waals surface area contributed by atoms with E-state index < -0.39 is 5.97 Å². The molecular formula is C14H24O3. The van der Waals surface area contributed by atoms with E-state index in [4.69, 9.17) is 5.11 Å². The summed E-state index contributed by atoms with van der Waals surface area (Å²) in [7, 11) is 0. The Hall–Kier alpha value is -1.12. The maximum absolute atomic E-state index is 10.3. The van der Waals surface area contributed by atoms with Gasteiger partial charge in [-0.05, 0) is 25.7 Å². The highest BCUT2D eigenvalue weighted by Gasteiger charge is 1.96. The van der Waals surface area contributed by atoms with Gasteiger partial charge < -0.3 is 9.90 Å². The summed E-state index contributed by atoms with van der Waals surface area (Å²) in [4.78, 5) is 20.6. The Balaban J connectivity index is 3.18. The summed E-state index contributed by atoms with van der Waals surface area (Å²) < 4.78 is 0. The number of hydrogen-bond donors (Lipinski definition) is 1. The molecule has 98 valence electrons. The van der Waals surface area contributed by atoms with Crippen LogP contribution in [0.4, 0.5) is 0 Å². The lowest BCUT2D eigenvalue weighted by molar-refractivity contribution is -0.137. The Morgan fingerprint density at radius 3 is 2.41 bits per heavy atom. The quantitative estimate of drug-likeness (QED) is 0.341. The number of carbonyl (C=O) groups is 2. The number of aliphatic carboxylic acids is 1. The van der Waals surface area contributed by atoms with Crippen LogP contribution in [0.1, 0.15) is 58.3 Å². The van der Waals surface area contributed by atoms with Crippen molar-refractivity contribution in [2.45, 2.75) is 58.3 Å². The van der Waals surface area contributed by atoms with Crippen LogP contribution in [0.2, 0.25) is 0 Å². The second-order valence-electron chi connectivity index (χ2n) is 4.52. The molecule has 0 aliphatic heterocycles. The molecule has 3 heteroatoms. The Morgan fingerprint density at radius 1 is 1.12 bits per heavy atom. The smallest absolute Gasteiger partial charge is 0.303 e. The van der Waals surface area contributed by atoms with E-state index in [9.17, 15) is 9.59 Å². The van der Waals surface area contributed by atoms with Crippen molar-refractivity contribution in [3.8, 4) is 0 Å². The lowest BCUT2D eigenvalue weighted by atomic mass is 10.1. The minimum atomic E-state index is -0.697. The average Bonchev–Trinajstić information content (AvgIpc) is 2.30. The molecule has 0 saturated carbocycles. The average molecular weight is 240 g/mol. The maximum atomic E-state index is 10.3. The van der Waals surface area contributed by atoms with E-state index in [1.807, 2.05) is 6.92 Å². The van der Waals surface area contributed by atoms with Crippen LogP contribution in [-0.4, -0.2) is 17.4 Å². The molecule has 1 atom stereocenters. The van der Waals surface area contributed by atoms with Crippen molar-refractivity contribution in [2.75, 3.05) is 0 Å².